The Bertz CT molecular complexity index is 861. The third-order valence-electron chi connectivity index (χ3n) is 3.41. The van der Waals surface area contributed by atoms with E-state index in [1.165, 1.54) is 24.3 Å². The number of benzene rings is 2. The Kier molecular flexibility index (Phi) is 5.92. The Hall–Kier alpha value is -2.25. The predicted octanol–water partition coefficient (Wildman–Crippen LogP) is 2.86. The quantitative estimate of drug-likeness (QED) is 0.712. The van der Waals surface area contributed by atoms with Gasteiger partial charge < -0.3 is 14.9 Å². The Morgan fingerprint density at radius 1 is 1.20 bits per heavy atom. The van der Waals surface area contributed by atoms with Gasteiger partial charge in [0.2, 0.25) is 0 Å². The minimum atomic E-state index is -3.56. The Morgan fingerprint density at radius 3 is 2.44 bits per heavy atom. The first-order valence-electron chi connectivity index (χ1n) is 7.31. The number of phenols is 1. The first kappa shape index (κ1) is 19.1. The molecule has 2 aromatic rings. The SMILES string of the molecule is Cc1ccc(S(=O)(=O)CC(Cl)COc2ccc(O)c(C(=O)O)c2)cc1. The van der Waals surface area contributed by atoms with Gasteiger partial charge in [-0.1, -0.05) is 17.7 Å². The largest absolute Gasteiger partial charge is 0.507 e. The van der Waals surface area contributed by atoms with Gasteiger partial charge in [-0.2, -0.15) is 0 Å². The summed E-state index contributed by atoms with van der Waals surface area (Å²) in [6.45, 7) is 1.73. The lowest BCUT2D eigenvalue weighted by Crippen LogP contribution is -2.22. The van der Waals surface area contributed by atoms with Crippen molar-refractivity contribution in [1.82, 2.24) is 0 Å². The standard InChI is InChI=1S/C17H17ClO6S/c1-11-2-5-14(6-3-11)25(22,23)10-12(18)9-24-13-4-7-16(19)15(8-13)17(20)21/h2-8,12,19H,9-10H2,1H3,(H,20,21). The van der Waals surface area contributed by atoms with Crippen molar-refractivity contribution in [2.75, 3.05) is 12.4 Å². The second-order valence-corrected chi connectivity index (χ2v) is 8.14. The van der Waals surface area contributed by atoms with Crippen molar-refractivity contribution in [3.8, 4) is 11.5 Å². The molecular weight excluding hydrogens is 368 g/mol. The highest BCUT2D eigenvalue weighted by atomic mass is 35.5. The van der Waals surface area contributed by atoms with Gasteiger partial charge in [0.1, 0.15) is 23.7 Å². The molecule has 0 aliphatic heterocycles. The summed E-state index contributed by atoms with van der Waals surface area (Å²) < 4.78 is 29.9. The zero-order chi connectivity index (χ0) is 18.6. The molecule has 2 aromatic carbocycles. The number of ether oxygens (including phenoxy) is 1. The molecule has 0 saturated heterocycles. The summed E-state index contributed by atoms with van der Waals surface area (Å²) in [6, 6.07) is 10.2. The van der Waals surface area contributed by atoms with Crippen LogP contribution in [-0.2, 0) is 9.84 Å². The van der Waals surface area contributed by atoms with Gasteiger partial charge in [-0.05, 0) is 37.3 Å². The predicted molar refractivity (Wildman–Crippen MR) is 93.4 cm³/mol. The molecule has 8 heteroatoms. The minimum absolute atomic E-state index is 0.128. The van der Waals surface area contributed by atoms with Crippen molar-refractivity contribution in [2.24, 2.45) is 0 Å². The maximum atomic E-state index is 12.3. The van der Waals surface area contributed by atoms with E-state index in [-0.39, 0.29) is 34.3 Å². The molecule has 0 fully saturated rings. The molecule has 0 bridgehead atoms. The molecule has 0 aliphatic carbocycles. The number of hydrogen-bond acceptors (Lipinski definition) is 5. The van der Waals surface area contributed by atoms with Crippen molar-refractivity contribution >= 4 is 27.4 Å². The van der Waals surface area contributed by atoms with E-state index in [4.69, 9.17) is 21.4 Å². The fourth-order valence-corrected chi connectivity index (χ4v) is 3.97. The number of carboxylic acid groups (broad SMARTS) is 1. The lowest BCUT2D eigenvalue weighted by Gasteiger charge is -2.13. The Morgan fingerprint density at radius 2 is 1.84 bits per heavy atom. The third kappa shape index (κ3) is 5.11. The molecule has 2 N–H and O–H groups in total. The third-order valence-corrected chi connectivity index (χ3v) is 5.70. The summed E-state index contributed by atoms with van der Waals surface area (Å²) >= 11 is 6.06. The van der Waals surface area contributed by atoms with Crippen LogP contribution in [-0.4, -0.2) is 42.3 Å². The number of aromatic carboxylic acids is 1. The maximum Gasteiger partial charge on any atom is 0.339 e. The van der Waals surface area contributed by atoms with Crippen LogP contribution >= 0.6 is 11.6 Å². The van der Waals surface area contributed by atoms with Crippen molar-refractivity contribution in [3.05, 3.63) is 53.6 Å². The number of aromatic hydroxyl groups is 1. The number of carboxylic acids is 1. The van der Waals surface area contributed by atoms with Crippen LogP contribution in [0, 0.1) is 6.92 Å². The van der Waals surface area contributed by atoms with Crippen molar-refractivity contribution in [3.63, 3.8) is 0 Å². The Labute approximate surface area is 150 Å². The average molecular weight is 385 g/mol. The van der Waals surface area contributed by atoms with Gasteiger partial charge in [0.05, 0.1) is 16.0 Å². The Balaban J connectivity index is 2.01. The van der Waals surface area contributed by atoms with E-state index in [0.29, 0.717) is 0 Å². The zero-order valence-corrected chi connectivity index (χ0v) is 14.9. The maximum absolute atomic E-state index is 12.3. The first-order valence-corrected chi connectivity index (χ1v) is 9.40. The highest BCUT2D eigenvalue weighted by molar-refractivity contribution is 7.91. The lowest BCUT2D eigenvalue weighted by atomic mass is 10.2. The van der Waals surface area contributed by atoms with Gasteiger partial charge in [0.25, 0.3) is 0 Å². The molecule has 0 radical (unpaired) electrons. The van der Waals surface area contributed by atoms with E-state index < -0.39 is 21.2 Å². The summed E-state index contributed by atoms with van der Waals surface area (Å²) in [4.78, 5) is 11.1. The second kappa shape index (κ2) is 7.76. The molecule has 1 unspecified atom stereocenters. The van der Waals surface area contributed by atoms with Gasteiger partial charge in [-0.3, -0.25) is 0 Å². The molecule has 1 atom stereocenters. The highest BCUT2D eigenvalue weighted by Crippen LogP contribution is 2.23. The topological polar surface area (TPSA) is 101 Å². The summed E-state index contributed by atoms with van der Waals surface area (Å²) in [7, 11) is -3.56. The number of hydrogen-bond donors (Lipinski definition) is 2. The highest BCUT2D eigenvalue weighted by Gasteiger charge is 2.20. The van der Waals surface area contributed by atoms with E-state index in [0.717, 1.165) is 11.6 Å². The monoisotopic (exact) mass is 384 g/mol. The molecule has 0 aromatic heterocycles. The van der Waals surface area contributed by atoms with Gasteiger partial charge >= 0.3 is 5.97 Å². The number of sulfone groups is 1. The summed E-state index contributed by atoms with van der Waals surface area (Å²) in [6.07, 6.45) is 0. The van der Waals surface area contributed by atoms with Crippen LogP contribution in [0.2, 0.25) is 0 Å². The molecule has 2 rings (SSSR count). The minimum Gasteiger partial charge on any atom is -0.507 e. The normalized spacial score (nSPS) is 12.6. The number of alkyl halides is 1. The smallest absolute Gasteiger partial charge is 0.339 e. The summed E-state index contributed by atoms with van der Waals surface area (Å²) in [5.74, 6) is -1.83. The molecule has 0 spiro atoms. The molecule has 0 saturated carbocycles. The van der Waals surface area contributed by atoms with E-state index in [9.17, 15) is 18.3 Å². The number of halogens is 1. The van der Waals surface area contributed by atoms with Crippen LogP contribution in [0.5, 0.6) is 11.5 Å². The molecule has 0 aliphatic rings. The van der Waals surface area contributed by atoms with Gasteiger partial charge in [-0.15, -0.1) is 11.6 Å². The van der Waals surface area contributed by atoms with Gasteiger partial charge in [0, 0.05) is 0 Å². The van der Waals surface area contributed by atoms with Crippen molar-refractivity contribution in [1.29, 1.82) is 0 Å². The van der Waals surface area contributed by atoms with E-state index in [1.54, 1.807) is 12.1 Å². The van der Waals surface area contributed by atoms with Crippen LogP contribution < -0.4 is 4.74 Å². The van der Waals surface area contributed by atoms with E-state index >= 15 is 0 Å². The lowest BCUT2D eigenvalue weighted by molar-refractivity contribution is 0.0693. The van der Waals surface area contributed by atoms with Crippen LogP contribution in [0.3, 0.4) is 0 Å². The molecule has 134 valence electrons. The van der Waals surface area contributed by atoms with Crippen LogP contribution in [0.25, 0.3) is 0 Å². The molecule has 0 amide bonds. The van der Waals surface area contributed by atoms with Gasteiger partial charge in [-0.25, -0.2) is 13.2 Å². The molecule has 0 heterocycles. The fraction of sp³-hybridized carbons (Fsp3) is 0.235. The second-order valence-electron chi connectivity index (χ2n) is 5.49. The number of carbonyl (C=O) groups is 1. The van der Waals surface area contributed by atoms with E-state index in [2.05, 4.69) is 0 Å². The summed E-state index contributed by atoms with van der Waals surface area (Å²) in [5, 5.41) is 17.6. The van der Waals surface area contributed by atoms with Crippen LogP contribution in [0.15, 0.2) is 47.4 Å². The van der Waals surface area contributed by atoms with Gasteiger partial charge in [0.15, 0.2) is 9.84 Å². The summed E-state index contributed by atoms with van der Waals surface area (Å²) in [5.41, 5.74) is 0.641. The fourth-order valence-electron chi connectivity index (χ4n) is 2.09. The zero-order valence-electron chi connectivity index (χ0n) is 13.3. The molecule has 25 heavy (non-hydrogen) atoms. The molecule has 6 nitrogen and oxygen atoms in total. The van der Waals surface area contributed by atoms with Crippen molar-refractivity contribution in [2.45, 2.75) is 17.2 Å². The number of aryl methyl sites for hydroxylation is 1. The average Bonchev–Trinajstić information content (AvgIpc) is 2.53. The van der Waals surface area contributed by atoms with Crippen LogP contribution in [0.1, 0.15) is 15.9 Å². The van der Waals surface area contributed by atoms with E-state index in [1.807, 2.05) is 6.92 Å². The first-order chi connectivity index (χ1) is 11.7. The van der Waals surface area contributed by atoms with Crippen molar-refractivity contribution < 1.29 is 28.2 Å². The molecular formula is C17H17ClO6S. The van der Waals surface area contributed by atoms with Crippen LogP contribution in [0.4, 0.5) is 0 Å². The number of rotatable bonds is 7.